The Kier molecular flexibility index (Phi) is 9.93. The average Bonchev–Trinajstić information content (AvgIpc) is 3.44. The monoisotopic (exact) mass is 1070 g/mol. The van der Waals surface area contributed by atoms with Gasteiger partial charge in [-0.3, -0.25) is 0 Å². The molecule has 0 unspecified atom stereocenters. The summed E-state index contributed by atoms with van der Waals surface area (Å²) in [7, 11) is 0. The minimum absolute atomic E-state index is 0.901. The summed E-state index contributed by atoms with van der Waals surface area (Å²) in [6.07, 6.45) is 0. The van der Waals surface area contributed by atoms with E-state index in [1.54, 1.807) is 0 Å². The number of aromatic nitrogens is 3. The third-order valence-corrected chi connectivity index (χ3v) is 18.5. The van der Waals surface area contributed by atoms with Gasteiger partial charge >= 0.3 is 0 Å². The maximum atomic E-state index is 6.58. The lowest BCUT2D eigenvalue weighted by Gasteiger charge is -2.14. The molecule has 0 fully saturated rings. The highest BCUT2D eigenvalue weighted by atomic mass is 32.1. The van der Waals surface area contributed by atoms with Crippen molar-refractivity contribution >= 4 is 119 Å². The molecule has 18 rings (SSSR count). The molecule has 386 valence electrons. The lowest BCUT2D eigenvalue weighted by atomic mass is 9.98. The van der Waals surface area contributed by atoms with Crippen LogP contribution >= 0.6 is 11.3 Å². The van der Waals surface area contributed by atoms with E-state index in [4.69, 9.17) is 4.42 Å². The third-order valence-electron chi connectivity index (χ3n) is 17.4. The molecular formula is C78H47N3OS. The lowest BCUT2D eigenvalue weighted by Crippen LogP contribution is -1.96. The second kappa shape index (κ2) is 17.9. The van der Waals surface area contributed by atoms with Crippen LogP contribution in [0.5, 0.6) is 0 Å². The van der Waals surface area contributed by atoms with Crippen molar-refractivity contribution in [2.75, 3.05) is 0 Å². The Morgan fingerprint density at radius 1 is 0.205 bits per heavy atom. The Balaban J connectivity index is 0.853. The summed E-state index contributed by atoms with van der Waals surface area (Å²) in [6, 6.07) is 105. The molecule has 5 heteroatoms. The highest BCUT2D eigenvalue weighted by Gasteiger charge is 2.22. The average molecular weight is 1070 g/mol. The van der Waals surface area contributed by atoms with E-state index in [9.17, 15) is 0 Å². The van der Waals surface area contributed by atoms with Gasteiger partial charge in [0.05, 0.1) is 33.1 Å². The molecule has 83 heavy (non-hydrogen) atoms. The van der Waals surface area contributed by atoms with Crippen LogP contribution < -0.4 is 0 Å². The number of para-hydroxylation sites is 3. The molecule has 0 saturated carbocycles. The van der Waals surface area contributed by atoms with Gasteiger partial charge in [-0.1, -0.05) is 158 Å². The molecule has 0 saturated heterocycles. The zero-order chi connectivity index (χ0) is 54.3. The highest BCUT2D eigenvalue weighted by molar-refractivity contribution is 7.25. The molecule has 0 aliphatic carbocycles. The van der Waals surface area contributed by atoms with Gasteiger partial charge in [0.1, 0.15) is 11.2 Å². The first-order valence-corrected chi connectivity index (χ1v) is 29.2. The second-order valence-corrected chi connectivity index (χ2v) is 23.1. The second-order valence-electron chi connectivity index (χ2n) is 22.0. The zero-order valence-electron chi connectivity index (χ0n) is 44.8. The minimum atomic E-state index is 0.901. The zero-order valence-corrected chi connectivity index (χ0v) is 45.6. The number of thiophene rings is 1. The summed E-state index contributed by atoms with van der Waals surface area (Å²) in [5, 5.41) is 12.0. The molecule has 0 amide bonds. The molecule has 0 radical (unpaired) electrons. The first-order valence-electron chi connectivity index (χ1n) is 28.4. The van der Waals surface area contributed by atoms with Crippen molar-refractivity contribution in [3.8, 4) is 61.6 Å². The van der Waals surface area contributed by atoms with Crippen LogP contribution in [0.3, 0.4) is 0 Å². The Labute approximate surface area is 480 Å². The molecule has 0 atom stereocenters. The van der Waals surface area contributed by atoms with Gasteiger partial charge in [0.2, 0.25) is 0 Å². The standard InChI is InChI=1S/C78H47N3OS/c1-5-17-48(18-6-1)54-37-55(49-19-7-2-8-20-49)39-58(38-54)81-72-35-31-51(42-63(72)65-45-73-64(44-74(65)81)59-25-13-15-27-69(59)80(73)57-23-11-4-12-24-57)50-29-33-70-61(40-50)62-41-52(30-34-71(62)79(70)56-21-9-3-10-22-56)53-32-36-75-66(43-53)67-47-78-68(46-76(67)82-75)60-26-14-16-28-77(60)83-78/h1-47H. The van der Waals surface area contributed by atoms with Crippen molar-refractivity contribution in [2.24, 2.45) is 0 Å². The van der Waals surface area contributed by atoms with Gasteiger partial charge in [-0.2, -0.15) is 0 Å². The normalized spacial score (nSPS) is 12.1. The van der Waals surface area contributed by atoms with Gasteiger partial charge in [0.25, 0.3) is 0 Å². The molecule has 5 heterocycles. The van der Waals surface area contributed by atoms with E-state index in [-0.39, 0.29) is 0 Å². The van der Waals surface area contributed by atoms with Gasteiger partial charge in [-0.15, -0.1) is 11.3 Å². The Morgan fingerprint density at radius 2 is 0.627 bits per heavy atom. The summed E-state index contributed by atoms with van der Waals surface area (Å²) in [6.45, 7) is 0. The first kappa shape index (κ1) is 46.1. The number of furan rings is 1. The smallest absolute Gasteiger partial charge is 0.136 e. The van der Waals surface area contributed by atoms with Crippen molar-refractivity contribution in [3.05, 3.63) is 285 Å². The molecular weight excluding hydrogens is 1030 g/mol. The molecule has 5 aromatic heterocycles. The van der Waals surface area contributed by atoms with Crippen molar-refractivity contribution in [1.29, 1.82) is 0 Å². The molecule has 18 aromatic rings. The SMILES string of the molecule is c1ccc(-c2cc(-c3ccccc3)cc(-n3c4ccc(-c5ccc6c(c5)c5cc(-c7ccc8oc9cc%10c(cc9c8c7)sc7ccccc7%10)ccc5n6-c5ccccc5)cc4c4cc5c(cc43)c3ccccc3n5-c3ccccc3)c2)cc1. The number of hydrogen-bond donors (Lipinski definition) is 0. The van der Waals surface area contributed by atoms with E-state index in [1.165, 1.54) is 85.8 Å². The third kappa shape index (κ3) is 7.12. The van der Waals surface area contributed by atoms with E-state index in [0.29, 0.717) is 0 Å². The van der Waals surface area contributed by atoms with Crippen LogP contribution in [0.4, 0.5) is 0 Å². The van der Waals surface area contributed by atoms with E-state index in [0.717, 1.165) is 83.3 Å². The molecule has 0 bridgehead atoms. The first-order chi connectivity index (χ1) is 41.1. The fourth-order valence-corrected chi connectivity index (χ4v) is 14.7. The van der Waals surface area contributed by atoms with E-state index >= 15 is 0 Å². The topological polar surface area (TPSA) is 27.9 Å². The highest BCUT2D eigenvalue weighted by Crippen LogP contribution is 2.45. The maximum absolute atomic E-state index is 6.58. The van der Waals surface area contributed by atoms with Crippen molar-refractivity contribution in [1.82, 2.24) is 13.7 Å². The van der Waals surface area contributed by atoms with Crippen LogP contribution in [0.2, 0.25) is 0 Å². The minimum Gasteiger partial charge on any atom is -0.456 e. The van der Waals surface area contributed by atoms with E-state index in [2.05, 4.69) is 299 Å². The lowest BCUT2D eigenvalue weighted by molar-refractivity contribution is 0.669. The van der Waals surface area contributed by atoms with Crippen molar-refractivity contribution in [3.63, 3.8) is 0 Å². The van der Waals surface area contributed by atoms with Crippen LogP contribution in [0.15, 0.2) is 290 Å². The summed E-state index contributed by atoms with van der Waals surface area (Å²) in [4.78, 5) is 0. The number of benzene rings is 13. The number of fused-ring (bicyclic) bond motifs is 15. The molecule has 0 spiro atoms. The predicted molar refractivity (Wildman–Crippen MR) is 351 cm³/mol. The van der Waals surface area contributed by atoms with E-state index in [1.807, 2.05) is 11.3 Å². The largest absolute Gasteiger partial charge is 0.456 e. The van der Waals surface area contributed by atoms with Gasteiger partial charge in [-0.05, 0) is 172 Å². The molecule has 0 aliphatic heterocycles. The van der Waals surface area contributed by atoms with Crippen molar-refractivity contribution < 1.29 is 4.42 Å². The summed E-state index contributed by atoms with van der Waals surface area (Å²) in [5.41, 5.74) is 21.6. The number of hydrogen-bond acceptors (Lipinski definition) is 2. The molecule has 13 aromatic carbocycles. The molecule has 0 aliphatic rings. The van der Waals surface area contributed by atoms with E-state index < -0.39 is 0 Å². The van der Waals surface area contributed by atoms with Gasteiger partial charge < -0.3 is 18.1 Å². The predicted octanol–water partition coefficient (Wildman–Crippen LogP) is 21.9. The molecule has 4 nitrogen and oxygen atoms in total. The van der Waals surface area contributed by atoms with Crippen LogP contribution in [0.1, 0.15) is 0 Å². The Bertz CT molecular complexity index is 5610. The molecule has 0 N–H and O–H groups in total. The summed E-state index contributed by atoms with van der Waals surface area (Å²) in [5.74, 6) is 0. The Hall–Kier alpha value is -10.7. The number of nitrogens with zero attached hydrogens (tertiary/aromatic N) is 3. The van der Waals surface area contributed by atoms with Crippen LogP contribution in [-0.2, 0) is 0 Å². The van der Waals surface area contributed by atoms with Crippen LogP contribution in [0.25, 0.3) is 169 Å². The van der Waals surface area contributed by atoms with Crippen LogP contribution in [0, 0.1) is 0 Å². The van der Waals surface area contributed by atoms with Gasteiger partial charge in [0.15, 0.2) is 0 Å². The number of rotatable bonds is 7. The van der Waals surface area contributed by atoms with Gasteiger partial charge in [-0.25, -0.2) is 0 Å². The van der Waals surface area contributed by atoms with Crippen LogP contribution in [-0.4, -0.2) is 13.7 Å². The summed E-state index contributed by atoms with van der Waals surface area (Å²) < 4.78 is 16.5. The fraction of sp³-hybridized carbons (Fsp3) is 0. The Morgan fingerprint density at radius 3 is 1.20 bits per heavy atom. The summed E-state index contributed by atoms with van der Waals surface area (Å²) >= 11 is 1.85. The van der Waals surface area contributed by atoms with Gasteiger partial charge in [0, 0.05) is 80.3 Å². The quantitative estimate of drug-likeness (QED) is 0.156. The van der Waals surface area contributed by atoms with Crippen molar-refractivity contribution in [2.45, 2.75) is 0 Å². The fourth-order valence-electron chi connectivity index (χ4n) is 13.5. The maximum Gasteiger partial charge on any atom is 0.136 e.